The molecule has 1 aliphatic heterocycles. The van der Waals surface area contributed by atoms with Gasteiger partial charge in [0.15, 0.2) is 0 Å². The van der Waals surface area contributed by atoms with E-state index in [4.69, 9.17) is 4.74 Å². The molecule has 5 aliphatic rings. The Morgan fingerprint density at radius 2 is 1.92 bits per heavy atom. The van der Waals surface area contributed by atoms with E-state index < -0.39 is 0 Å². The summed E-state index contributed by atoms with van der Waals surface area (Å²) in [7, 11) is 0. The SMILES string of the molecule is C[C@]12CCCCC1CC[C@H]1[C@@H]3CC[C@H](C4=CC(=O)OC4)[C@@]3(C=O)CC[C@@H]12. The van der Waals surface area contributed by atoms with Gasteiger partial charge >= 0.3 is 5.97 Å². The van der Waals surface area contributed by atoms with E-state index in [0.29, 0.717) is 17.9 Å². The van der Waals surface area contributed by atoms with Crippen molar-refractivity contribution in [2.24, 2.45) is 40.4 Å². The summed E-state index contributed by atoms with van der Waals surface area (Å²) in [6, 6.07) is 0. The molecule has 0 amide bonds. The number of carbonyl (C=O) groups excluding carboxylic acids is 2. The molecule has 7 atom stereocenters. The maximum Gasteiger partial charge on any atom is 0.331 e. The Labute approximate surface area is 156 Å². The van der Waals surface area contributed by atoms with Gasteiger partial charge in [-0.1, -0.05) is 19.8 Å². The van der Waals surface area contributed by atoms with Crippen LogP contribution in [0.3, 0.4) is 0 Å². The first-order valence-electron chi connectivity index (χ1n) is 10.9. The lowest BCUT2D eigenvalue weighted by Crippen LogP contribution is -2.54. The second-order valence-electron chi connectivity index (χ2n) is 10.1. The number of cyclic esters (lactones) is 1. The van der Waals surface area contributed by atoms with Crippen LogP contribution in [0.25, 0.3) is 0 Å². The van der Waals surface area contributed by atoms with Gasteiger partial charge in [-0.15, -0.1) is 0 Å². The first-order chi connectivity index (χ1) is 12.6. The van der Waals surface area contributed by atoms with Gasteiger partial charge in [-0.2, -0.15) is 0 Å². The number of hydrogen-bond donors (Lipinski definition) is 0. The molecule has 0 radical (unpaired) electrons. The molecule has 0 N–H and O–H groups in total. The van der Waals surface area contributed by atoms with Crippen LogP contribution in [0.15, 0.2) is 11.6 Å². The van der Waals surface area contributed by atoms with Crippen molar-refractivity contribution in [1.29, 1.82) is 0 Å². The summed E-state index contributed by atoms with van der Waals surface area (Å²) in [4.78, 5) is 24.1. The fraction of sp³-hybridized carbons (Fsp3) is 0.826. The standard InChI is InChI=1S/C23H32O3/c1-22-10-3-2-4-16(22)5-6-17-19(22)9-11-23(14-24)18(7-8-20(17)23)15-12-21(25)26-13-15/h12,14,16-20H,2-11,13H2,1H3/t16?,17-,18-,19+,20+,22+,23+/m1/s1. The normalized spacial score (nSPS) is 50.3. The van der Waals surface area contributed by atoms with Crippen molar-refractivity contribution in [2.45, 2.75) is 71.1 Å². The van der Waals surface area contributed by atoms with Crippen molar-refractivity contribution in [2.75, 3.05) is 6.61 Å². The average molecular weight is 357 g/mol. The fourth-order valence-electron chi connectivity index (χ4n) is 8.37. The Hall–Kier alpha value is -1.12. The summed E-state index contributed by atoms with van der Waals surface area (Å²) in [6.07, 6.45) is 15.8. The third-order valence-corrected chi connectivity index (χ3v) is 9.52. The highest BCUT2D eigenvalue weighted by Gasteiger charge is 2.62. The molecule has 26 heavy (non-hydrogen) atoms. The number of ether oxygens (including phenoxy) is 1. The summed E-state index contributed by atoms with van der Waals surface area (Å²) in [5, 5.41) is 0. The van der Waals surface area contributed by atoms with Gasteiger partial charge in [0.2, 0.25) is 0 Å². The molecule has 1 unspecified atom stereocenters. The average Bonchev–Trinajstić information content (AvgIpc) is 3.24. The van der Waals surface area contributed by atoms with Gasteiger partial charge in [0.25, 0.3) is 0 Å². The van der Waals surface area contributed by atoms with E-state index in [1.165, 1.54) is 51.2 Å². The molecule has 0 saturated heterocycles. The summed E-state index contributed by atoms with van der Waals surface area (Å²) in [5.74, 6) is 3.01. The molecule has 1 heterocycles. The number of rotatable bonds is 2. The van der Waals surface area contributed by atoms with E-state index in [-0.39, 0.29) is 17.3 Å². The number of esters is 1. The Balaban J connectivity index is 1.47. The van der Waals surface area contributed by atoms with Crippen LogP contribution in [0.1, 0.15) is 71.1 Å². The van der Waals surface area contributed by atoms with E-state index in [1.807, 2.05) is 0 Å². The Bertz CT molecular complexity index is 652. The third kappa shape index (κ3) is 2.18. The lowest BCUT2D eigenvalue weighted by molar-refractivity contribution is -0.139. The van der Waals surface area contributed by atoms with Crippen molar-refractivity contribution in [3.8, 4) is 0 Å². The zero-order chi connectivity index (χ0) is 17.9. The number of aldehydes is 1. The van der Waals surface area contributed by atoms with Crippen molar-refractivity contribution in [3.63, 3.8) is 0 Å². The van der Waals surface area contributed by atoms with E-state index in [9.17, 15) is 9.59 Å². The molecular weight excluding hydrogens is 324 g/mol. The highest BCUT2D eigenvalue weighted by Crippen LogP contribution is 2.67. The largest absolute Gasteiger partial charge is 0.458 e. The first-order valence-corrected chi connectivity index (χ1v) is 10.9. The van der Waals surface area contributed by atoms with Crippen molar-refractivity contribution >= 4 is 12.3 Å². The molecular formula is C23H32O3. The summed E-state index contributed by atoms with van der Waals surface area (Å²) in [5.41, 5.74) is 1.39. The van der Waals surface area contributed by atoms with Gasteiger partial charge in [0.05, 0.1) is 0 Å². The summed E-state index contributed by atoms with van der Waals surface area (Å²) < 4.78 is 5.19. The van der Waals surface area contributed by atoms with Crippen LogP contribution in [-0.2, 0) is 14.3 Å². The van der Waals surface area contributed by atoms with Crippen LogP contribution in [-0.4, -0.2) is 18.9 Å². The Morgan fingerprint density at radius 3 is 2.69 bits per heavy atom. The topological polar surface area (TPSA) is 43.4 Å². The smallest absolute Gasteiger partial charge is 0.331 e. The molecule has 0 aromatic carbocycles. The van der Waals surface area contributed by atoms with Crippen LogP contribution in [0.5, 0.6) is 0 Å². The van der Waals surface area contributed by atoms with Gasteiger partial charge in [-0.25, -0.2) is 4.79 Å². The van der Waals surface area contributed by atoms with E-state index in [1.54, 1.807) is 6.08 Å². The molecule has 4 fully saturated rings. The summed E-state index contributed by atoms with van der Waals surface area (Å²) >= 11 is 0. The van der Waals surface area contributed by atoms with Crippen molar-refractivity contribution < 1.29 is 14.3 Å². The number of hydrogen-bond acceptors (Lipinski definition) is 3. The first kappa shape index (κ1) is 17.0. The lowest BCUT2D eigenvalue weighted by atomic mass is 9.44. The molecule has 4 saturated carbocycles. The predicted octanol–water partition coefficient (Wildman–Crippen LogP) is 4.70. The maximum atomic E-state index is 12.5. The second kappa shape index (κ2) is 5.94. The minimum absolute atomic E-state index is 0.214. The quantitative estimate of drug-likeness (QED) is 0.532. The van der Waals surface area contributed by atoms with E-state index in [2.05, 4.69) is 6.92 Å². The molecule has 0 bridgehead atoms. The Morgan fingerprint density at radius 1 is 1.04 bits per heavy atom. The lowest BCUT2D eigenvalue weighted by Gasteiger charge is -2.60. The molecule has 0 spiro atoms. The number of carbonyl (C=O) groups is 2. The molecule has 3 nitrogen and oxygen atoms in total. The minimum Gasteiger partial charge on any atom is -0.458 e. The zero-order valence-corrected chi connectivity index (χ0v) is 16.0. The highest BCUT2D eigenvalue weighted by atomic mass is 16.5. The zero-order valence-electron chi connectivity index (χ0n) is 16.0. The maximum absolute atomic E-state index is 12.5. The molecule has 3 heteroatoms. The third-order valence-electron chi connectivity index (χ3n) is 9.52. The van der Waals surface area contributed by atoms with Crippen LogP contribution in [0.4, 0.5) is 0 Å². The van der Waals surface area contributed by atoms with Gasteiger partial charge in [0.1, 0.15) is 12.9 Å². The van der Waals surface area contributed by atoms with E-state index in [0.717, 1.165) is 42.6 Å². The molecule has 142 valence electrons. The van der Waals surface area contributed by atoms with Crippen LogP contribution >= 0.6 is 0 Å². The van der Waals surface area contributed by atoms with Crippen LogP contribution in [0, 0.1) is 40.4 Å². The van der Waals surface area contributed by atoms with Gasteiger partial charge < -0.3 is 9.53 Å². The van der Waals surface area contributed by atoms with E-state index >= 15 is 0 Å². The van der Waals surface area contributed by atoms with Crippen molar-refractivity contribution in [3.05, 3.63) is 11.6 Å². The predicted molar refractivity (Wildman–Crippen MR) is 99.3 cm³/mol. The van der Waals surface area contributed by atoms with Crippen LogP contribution < -0.4 is 0 Å². The van der Waals surface area contributed by atoms with Gasteiger partial charge in [0, 0.05) is 11.5 Å². The minimum atomic E-state index is -0.223. The van der Waals surface area contributed by atoms with Crippen molar-refractivity contribution in [1.82, 2.24) is 0 Å². The fourth-order valence-corrected chi connectivity index (χ4v) is 8.37. The Kier molecular flexibility index (Phi) is 3.89. The molecule has 4 aliphatic carbocycles. The van der Waals surface area contributed by atoms with Gasteiger partial charge in [-0.05, 0) is 91.9 Å². The molecule has 0 aromatic rings. The monoisotopic (exact) mass is 356 g/mol. The second-order valence-corrected chi connectivity index (χ2v) is 10.1. The number of fused-ring (bicyclic) bond motifs is 5. The van der Waals surface area contributed by atoms with Gasteiger partial charge in [-0.3, -0.25) is 0 Å². The highest BCUT2D eigenvalue weighted by molar-refractivity contribution is 5.85. The summed E-state index contributed by atoms with van der Waals surface area (Å²) in [6.45, 7) is 3.00. The van der Waals surface area contributed by atoms with Crippen LogP contribution in [0.2, 0.25) is 0 Å². The molecule has 0 aromatic heterocycles. The molecule has 5 rings (SSSR count).